The minimum absolute atomic E-state index is 1.11. The van der Waals surface area contributed by atoms with Gasteiger partial charge in [-0.15, -0.1) is 0 Å². The zero-order valence-electron chi connectivity index (χ0n) is 20.7. The molecule has 0 aliphatic carbocycles. The van der Waals surface area contributed by atoms with E-state index in [4.69, 9.17) is 0 Å². The van der Waals surface area contributed by atoms with Crippen LogP contribution in [0, 0.1) is 0 Å². The molecule has 1 aromatic heterocycles. The topological polar surface area (TPSA) is 4.93 Å². The Morgan fingerprint density at radius 1 is 0.395 bits per heavy atom. The lowest BCUT2D eigenvalue weighted by molar-refractivity contribution is 1.18. The van der Waals surface area contributed by atoms with Crippen molar-refractivity contribution in [1.82, 2.24) is 4.57 Å². The molecule has 1 heterocycles. The van der Waals surface area contributed by atoms with Gasteiger partial charge in [0.05, 0.1) is 11.0 Å². The Hall–Kier alpha value is -4.40. The van der Waals surface area contributed by atoms with E-state index in [0.29, 0.717) is 0 Å². The Labute approximate surface area is 230 Å². The molecular weight excluding hydrogens is 526 g/mol. The molecule has 0 saturated carbocycles. The molecule has 1 nitrogen and oxygen atoms in total. The first-order valence-corrected chi connectivity index (χ1v) is 13.6. The lowest BCUT2D eigenvalue weighted by Gasteiger charge is -2.10. The molecule has 7 rings (SSSR count). The number of aromatic nitrogens is 1. The van der Waals surface area contributed by atoms with Crippen molar-refractivity contribution in [3.8, 4) is 39.1 Å². The number of benzene rings is 6. The molecule has 2 heteroatoms. The van der Waals surface area contributed by atoms with Crippen molar-refractivity contribution in [2.45, 2.75) is 0 Å². The maximum absolute atomic E-state index is 3.69. The van der Waals surface area contributed by atoms with Crippen LogP contribution in [0.1, 0.15) is 0 Å². The van der Waals surface area contributed by atoms with Gasteiger partial charge in [-0.2, -0.15) is 0 Å². The molecular formula is C36H24BrN. The summed E-state index contributed by atoms with van der Waals surface area (Å²) in [6.07, 6.45) is 0. The summed E-state index contributed by atoms with van der Waals surface area (Å²) in [6, 6.07) is 52.2. The van der Waals surface area contributed by atoms with E-state index in [-0.39, 0.29) is 0 Å². The quantitative estimate of drug-likeness (QED) is 0.205. The molecule has 0 fully saturated rings. The number of fused-ring (bicyclic) bond motifs is 3. The van der Waals surface area contributed by atoms with Gasteiger partial charge in [0.15, 0.2) is 0 Å². The van der Waals surface area contributed by atoms with E-state index in [1.807, 2.05) is 6.07 Å². The fourth-order valence-corrected chi connectivity index (χ4v) is 5.91. The molecule has 38 heavy (non-hydrogen) atoms. The van der Waals surface area contributed by atoms with Crippen LogP contribution in [-0.2, 0) is 0 Å². The predicted molar refractivity (Wildman–Crippen MR) is 165 cm³/mol. The number of para-hydroxylation sites is 1. The maximum atomic E-state index is 3.69. The van der Waals surface area contributed by atoms with E-state index < -0.39 is 0 Å². The third-order valence-corrected chi connectivity index (χ3v) is 7.98. The van der Waals surface area contributed by atoms with E-state index in [0.717, 1.165) is 4.47 Å². The second kappa shape index (κ2) is 9.48. The second-order valence-electron chi connectivity index (χ2n) is 9.56. The molecule has 0 bridgehead atoms. The predicted octanol–water partition coefficient (Wildman–Crippen LogP) is 10.5. The highest BCUT2D eigenvalue weighted by Crippen LogP contribution is 2.37. The molecule has 0 unspecified atom stereocenters. The molecule has 6 aromatic carbocycles. The molecule has 0 aliphatic rings. The second-order valence-corrected chi connectivity index (χ2v) is 10.4. The van der Waals surface area contributed by atoms with Crippen LogP contribution in [0.3, 0.4) is 0 Å². The molecule has 0 aliphatic heterocycles. The van der Waals surface area contributed by atoms with Crippen molar-refractivity contribution in [2.24, 2.45) is 0 Å². The average Bonchev–Trinajstić information content (AvgIpc) is 3.31. The maximum Gasteiger partial charge on any atom is 0.0547 e. The van der Waals surface area contributed by atoms with Gasteiger partial charge in [-0.3, -0.25) is 0 Å². The van der Waals surface area contributed by atoms with Crippen molar-refractivity contribution in [3.05, 3.63) is 150 Å². The van der Waals surface area contributed by atoms with Gasteiger partial charge < -0.3 is 4.57 Å². The fourth-order valence-electron chi connectivity index (χ4n) is 5.40. The molecule has 0 saturated heterocycles. The number of halogens is 1. The summed E-state index contributed by atoms with van der Waals surface area (Å²) in [7, 11) is 0. The largest absolute Gasteiger partial charge is 0.309 e. The lowest BCUT2D eigenvalue weighted by atomic mass is 9.99. The average molecular weight is 550 g/mol. The summed E-state index contributed by atoms with van der Waals surface area (Å²) >= 11 is 3.69. The van der Waals surface area contributed by atoms with Gasteiger partial charge in [0.25, 0.3) is 0 Å². The first-order valence-electron chi connectivity index (χ1n) is 12.8. The van der Waals surface area contributed by atoms with Crippen LogP contribution >= 0.6 is 15.9 Å². The van der Waals surface area contributed by atoms with Crippen molar-refractivity contribution in [2.75, 3.05) is 0 Å². The van der Waals surface area contributed by atoms with Crippen LogP contribution in [0.25, 0.3) is 60.9 Å². The highest BCUT2D eigenvalue weighted by atomic mass is 79.9. The van der Waals surface area contributed by atoms with Crippen molar-refractivity contribution < 1.29 is 0 Å². The van der Waals surface area contributed by atoms with Gasteiger partial charge in [0, 0.05) is 20.9 Å². The van der Waals surface area contributed by atoms with E-state index in [2.05, 4.69) is 160 Å². The van der Waals surface area contributed by atoms with Gasteiger partial charge >= 0.3 is 0 Å². The Morgan fingerprint density at radius 3 is 1.47 bits per heavy atom. The number of hydrogen-bond donors (Lipinski definition) is 0. The summed E-state index contributed by atoms with van der Waals surface area (Å²) in [6.45, 7) is 0. The lowest BCUT2D eigenvalue weighted by Crippen LogP contribution is -1.93. The zero-order chi connectivity index (χ0) is 25.5. The minimum atomic E-state index is 1.11. The van der Waals surface area contributed by atoms with Gasteiger partial charge in [0.1, 0.15) is 0 Å². The van der Waals surface area contributed by atoms with Crippen LogP contribution in [0.5, 0.6) is 0 Å². The van der Waals surface area contributed by atoms with Crippen LogP contribution in [0.4, 0.5) is 0 Å². The summed E-state index contributed by atoms with van der Waals surface area (Å²) in [4.78, 5) is 0. The van der Waals surface area contributed by atoms with E-state index in [1.54, 1.807) is 0 Å². The fraction of sp³-hybridized carbons (Fsp3) is 0. The summed E-state index contributed by atoms with van der Waals surface area (Å²) < 4.78 is 3.51. The van der Waals surface area contributed by atoms with Gasteiger partial charge in [-0.1, -0.05) is 131 Å². The Kier molecular flexibility index (Phi) is 5.68. The normalized spacial score (nSPS) is 11.3. The van der Waals surface area contributed by atoms with Gasteiger partial charge in [0.2, 0.25) is 0 Å². The first kappa shape index (κ1) is 22.8. The van der Waals surface area contributed by atoms with Gasteiger partial charge in [-0.05, 0) is 63.7 Å². The van der Waals surface area contributed by atoms with Crippen molar-refractivity contribution >= 4 is 37.7 Å². The number of rotatable bonds is 4. The zero-order valence-corrected chi connectivity index (χ0v) is 22.3. The van der Waals surface area contributed by atoms with E-state index >= 15 is 0 Å². The standard InChI is InChI=1S/C36H24BrN/c37-34-14-8-7-13-31(34)27-17-15-26(16-18-27)29-20-22-33-32-21-19-28(25-9-3-1-4-10-25)23-35(32)38(36(33)24-29)30-11-5-2-6-12-30/h1-24H. The SMILES string of the molecule is Brc1ccccc1-c1ccc(-c2ccc3c4ccc(-c5ccccc5)cc4n(-c4ccccc4)c3c2)cc1. The summed E-state index contributed by atoms with van der Waals surface area (Å²) in [5.41, 5.74) is 10.9. The smallest absolute Gasteiger partial charge is 0.0547 e. The Morgan fingerprint density at radius 2 is 0.868 bits per heavy atom. The number of hydrogen-bond acceptors (Lipinski definition) is 0. The summed E-state index contributed by atoms with van der Waals surface area (Å²) in [5, 5.41) is 2.52. The molecule has 7 aromatic rings. The minimum Gasteiger partial charge on any atom is -0.309 e. The van der Waals surface area contributed by atoms with Gasteiger partial charge in [-0.25, -0.2) is 0 Å². The third-order valence-electron chi connectivity index (χ3n) is 7.29. The molecule has 0 spiro atoms. The number of nitrogens with zero attached hydrogens (tertiary/aromatic N) is 1. The molecule has 0 radical (unpaired) electrons. The summed E-state index contributed by atoms with van der Waals surface area (Å²) in [5.74, 6) is 0. The monoisotopic (exact) mass is 549 g/mol. The Balaban J connectivity index is 1.41. The van der Waals surface area contributed by atoms with Crippen LogP contribution in [0.15, 0.2) is 150 Å². The van der Waals surface area contributed by atoms with Crippen LogP contribution < -0.4 is 0 Å². The first-order chi connectivity index (χ1) is 18.8. The van der Waals surface area contributed by atoms with Crippen LogP contribution in [0.2, 0.25) is 0 Å². The van der Waals surface area contributed by atoms with E-state index in [9.17, 15) is 0 Å². The molecule has 0 N–H and O–H groups in total. The third kappa shape index (κ3) is 3.95. The van der Waals surface area contributed by atoms with Crippen LogP contribution in [-0.4, -0.2) is 4.57 Å². The van der Waals surface area contributed by atoms with Crippen molar-refractivity contribution in [1.29, 1.82) is 0 Å². The Bertz CT molecular complexity index is 1900. The van der Waals surface area contributed by atoms with E-state index in [1.165, 1.54) is 60.9 Å². The highest BCUT2D eigenvalue weighted by molar-refractivity contribution is 9.10. The highest BCUT2D eigenvalue weighted by Gasteiger charge is 2.14. The molecule has 0 atom stereocenters. The molecule has 0 amide bonds. The molecule has 180 valence electrons. The van der Waals surface area contributed by atoms with Crippen molar-refractivity contribution in [3.63, 3.8) is 0 Å².